The lowest BCUT2D eigenvalue weighted by molar-refractivity contribution is 0.0674. The second kappa shape index (κ2) is 3.75. The van der Waals surface area contributed by atoms with E-state index in [1.165, 1.54) is 0 Å². The topological polar surface area (TPSA) is 66.0 Å². The summed E-state index contributed by atoms with van der Waals surface area (Å²) in [5.41, 5.74) is 7.57. The van der Waals surface area contributed by atoms with Crippen LogP contribution >= 0.6 is 0 Å². The highest BCUT2D eigenvalue weighted by Gasteiger charge is 2.18. The van der Waals surface area contributed by atoms with Crippen molar-refractivity contribution in [2.45, 2.75) is 18.9 Å². The van der Waals surface area contributed by atoms with Crippen LogP contribution in [-0.2, 0) is 4.74 Å². The zero-order chi connectivity index (χ0) is 11.0. The van der Waals surface area contributed by atoms with Gasteiger partial charge in [-0.15, -0.1) is 0 Å². The van der Waals surface area contributed by atoms with Crippen molar-refractivity contribution in [3.8, 4) is 0 Å². The third-order valence-corrected chi connectivity index (χ3v) is 3.09. The van der Waals surface area contributed by atoms with Gasteiger partial charge in [-0.05, 0) is 12.8 Å². The summed E-state index contributed by atoms with van der Waals surface area (Å²) in [4.78, 5) is 4.12. The predicted octanol–water partition coefficient (Wildman–Crippen LogP) is 1.37. The van der Waals surface area contributed by atoms with Gasteiger partial charge in [0.2, 0.25) is 0 Å². The van der Waals surface area contributed by atoms with Crippen LogP contribution in [-0.4, -0.2) is 28.0 Å². The summed E-state index contributed by atoms with van der Waals surface area (Å²) in [5, 5.41) is 5.41. The number of fused-ring (bicyclic) bond motifs is 1. The number of nitrogens with two attached hydrogens (primary N) is 1. The summed E-state index contributed by atoms with van der Waals surface area (Å²) in [6, 6.07) is 0.412. The molecule has 0 spiro atoms. The molecule has 2 N–H and O–H groups in total. The van der Waals surface area contributed by atoms with Crippen molar-refractivity contribution < 1.29 is 4.74 Å². The molecular formula is C11H14N4O. The van der Waals surface area contributed by atoms with E-state index in [0.717, 1.165) is 37.0 Å². The van der Waals surface area contributed by atoms with E-state index < -0.39 is 0 Å². The molecule has 0 aromatic carbocycles. The largest absolute Gasteiger partial charge is 0.397 e. The maximum atomic E-state index is 5.86. The smallest absolute Gasteiger partial charge is 0.0889 e. The van der Waals surface area contributed by atoms with Crippen LogP contribution in [0.3, 0.4) is 0 Å². The van der Waals surface area contributed by atoms with Crippen molar-refractivity contribution in [1.29, 1.82) is 0 Å². The summed E-state index contributed by atoms with van der Waals surface area (Å²) < 4.78 is 7.38. The van der Waals surface area contributed by atoms with Gasteiger partial charge in [0.15, 0.2) is 0 Å². The molecule has 0 atom stereocenters. The van der Waals surface area contributed by atoms with Crippen molar-refractivity contribution in [3.63, 3.8) is 0 Å². The molecule has 0 amide bonds. The highest BCUT2D eigenvalue weighted by molar-refractivity contribution is 5.89. The first-order valence-corrected chi connectivity index (χ1v) is 5.50. The number of hydrogen-bond donors (Lipinski definition) is 1. The van der Waals surface area contributed by atoms with Crippen molar-refractivity contribution in [2.75, 3.05) is 18.9 Å². The maximum Gasteiger partial charge on any atom is 0.0889 e. The van der Waals surface area contributed by atoms with Gasteiger partial charge >= 0.3 is 0 Å². The first-order chi connectivity index (χ1) is 7.86. The second-order valence-corrected chi connectivity index (χ2v) is 4.09. The van der Waals surface area contributed by atoms with Gasteiger partial charge in [-0.1, -0.05) is 0 Å². The Hall–Kier alpha value is -1.62. The van der Waals surface area contributed by atoms with Crippen molar-refractivity contribution in [3.05, 3.63) is 18.6 Å². The van der Waals surface area contributed by atoms with E-state index in [1.807, 2.05) is 17.1 Å². The summed E-state index contributed by atoms with van der Waals surface area (Å²) >= 11 is 0. The monoisotopic (exact) mass is 218 g/mol. The molecule has 16 heavy (non-hydrogen) atoms. The van der Waals surface area contributed by atoms with Gasteiger partial charge in [0.1, 0.15) is 0 Å². The van der Waals surface area contributed by atoms with Crippen molar-refractivity contribution in [2.24, 2.45) is 0 Å². The molecule has 1 aliphatic heterocycles. The molecule has 0 bridgehead atoms. The van der Waals surface area contributed by atoms with Gasteiger partial charge in [-0.25, -0.2) is 0 Å². The minimum absolute atomic E-state index is 0.412. The predicted molar refractivity (Wildman–Crippen MR) is 61.0 cm³/mol. The third-order valence-electron chi connectivity index (χ3n) is 3.09. The molecule has 3 heterocycles. The van der Waals surface area contributed by atoms with E-state index >= 15 is 0 Å². The molecule has 1 fully saturated rings. The minimum Gasteiger partial charge on any atom is -0.397 e. The molecule has 2 aromatic rings. The standard InChI is InChI=1S/C11H14N4O/c12-10-6-13-7-11-9(10)5-14-15(11)8-1-3-16-4-2-8/h5-8H,1-4,12H2. The Labute approximate surface area is 93.2 Å². The Morgan fingerprint density at radius 1 is 1.25 bits per heavy atom. The fourth-order valence-electron chi connectivity index (χ4n) is 2.20. The number of anilines is 1. The summed E-state index contributed by atoms with van der Waals surface area (Å²) in [6.07, 6.45) is 7.32. The van der Waals surface area contributed by atoms with E-state index in [9.17, 15) is 0 Å². The van der Waals surface area contributed by atoms with E-state index in [4.69, 9.17) is 10.5 Å². The molecule has 0 radical (unpaired) electrons. The highest BCUT2D eigenvalue weighted by atomic mass is 16.5. The van der Waals surface area contributed by atoms with E-state index in [-0.39, 0.29) is 0 Å². The molecule has 0 saturated carbocycles. The van der Waals surface area contributed by atoms with E-state index in [0.29, 0.717) is 11.7 Å². The second-order valence-electron chi connectivity index (χ2n) is 4.09. The first kappa shape index (κ1) is 9.59. The number of pyridine rings is 1. The van der Waals surface area contributed by atoms with Gasteiger partial charge in [0, 0.05) is 18.6 Å². The van der Waals surface area contributed by atoms with Crippen LogP contribution in [0.2, 0.25) is 0 Å². The normalized spacial score (nSPS) is 18.0. The van der Waals surface area contributed by atoms with Crippen molar-refractivity contribution in [1.82, 2.24) is 14.8 Å². The quantitative estimate of drug-likeness (QED) is 0.785. The number of nitrogens with zero attached hydrogens (tertiary/aromatic N) is 3. The summed E-state index contributed by atoms with van der Waals surface area (Å²) in [6.45, 7) is 1.61. The van der Waals surface area contributed by atoms with Crippen LogP contribution in [0.1, 0.15) is 18.9 Å². The average molecular weight is 218 g/mol. The Morgan fingerprint density at radius 3 is 2.88 bits per heavy atom. The molecule has 3 rings (SSSR count). The number of aromatic nitrogens is 3. The number of rotatable bonds is 1. The lowest BCUT2D eigenvalue weighted by Crippen LogP contribution is -2.20. The fourth-order valence-corrected chi connectivity index (χ4v) is 2.20. The highest BCUT2D eigenvalue weighted by Crippen LogP contribution is 2.26. The number of ether oxygens (including phenoxy) is 1. The zero-order valence-corrected chi connectivity index (χ0v) is 8.97. The zero-order valence-electron chi connectivity index (χ0n) is 8.97. The molecule has 84 valence electrons. The molecule has 0 unspecified atom stereocenters. The SMILES string of the molecule is Nc1cncc2c1cnn2C1CCOCC1. The summed E-state index contributed by atoms with van der Waals surface area (Å²) in [7, 11) is 0. The molecule has 1 aliphatic rings. The molecule has 5 heteroatoms. The van der Waals surface area contributed by atoms with Gasteiger partial charge in [0.25, 0.3) is 0 Å². The van der Waals surface area contributed by atoms with Gasteiger partial charge < -0.3 is 10.5 Å². The lowest BCUT2D eigenvalue weighted by atomic mass is 10.1. The van der Waals surface area contributed by atoms with Crippen LogP contribution in [0.25, 0.3) is 10.9 Å². The van der Waals surface area contributed by atoms with Gasteiger partial charge in [0.05, 0.1) is 35.8 Å². The molecular weight excluding hydrogens is 204 g/mol. The average Bonchev–Trinajstić information content (AvgIpc) is 2.75. The van der Waals surface area contributed by atoms with Crippen LogP contribution in [0.4, 0.5) is 5.69 Å². The fraction of sp³-hybridized carbons (Fsp3) is 0.455. The van der Waals surface area contributed by atoms with E-state index in [1.54, 1.807) is 6.20 Å². The van der Waals surface area contributed by atoms with Crippen molar-refractivity contribution >= 4 is 16.6 Å². The molecule has 5 nitrogen and oxygen atoms in total. The van der Waals surface area contributed by atoms with Crippen LogP contribution in [0.15, 0.2) is 18.6 Å². The number of nitrogen functional groups attached to an aromatic ring is 1. The first-order valence-electron chi connectivity index (χ1n) is 5.50. The Kier molecular flexibility index (Phi) is 2.25. The van der Waals surface area contributed by atoms with Crippen LogP contribution in [0, 0.1) is 0 Å². The van der Waals surface area contributed by atoms with Gasteiger partial charge in [-0.2, -0.15) is 5.10 Å². The minimum atomic E-state index is 0.412. The molecule has 1 saturated heterocycles. The van der Waals surface area contributed by atoms with E-state index in [2.05, 4.69) is 10.1 Å². The van der Waals surface area contributed by atoms with Gasteiger partial charge in [-0.3, -0.25) is 9.67 Å². The Balaban J connectivity index is 2.06. The van der Waals surface area contributed by atoms with Crippen LogP contribution < -0.4 is 5.73 Å². The van der Waals surface area contributed by atoms with Crippen LogP contribution in [0.5, 0.6) is 0 Å². The lowest BCUT2D eigenvalue weighted by Gasteiger charge is -2.22. The summed E-state index contributed by atoms with van der Waals surface area (Å²) in [5.74, 6) is 0. The Bertz CT molecular complexity index is 502. The molecule has 0 aliphatic carbocycles. The Morgan fingerprint density at radius 2 is 2.06 bits per heavy atom. The maximum absolute atomic E-state index is 5.86. The molecule has 2 aromatic heterocycles. The third kappa shape index (κ3) is 1.44. The number of hydrogen-bond acceptors (Lipinski definition) is 4.